The predicted octanol–water partition coefficient (Wildman–Crippen LogP) is 5.28. The van der Waals surface area contributed by atoms with E-state index in [2.05, 4.69) is 4.98 Å². The molecule has 0 bridgehead atoms. The first-order valence-electron chi connectivity index (χ1n) is 5.90. The molecular formula is C15H10Cl2N2S. The van der Waals surface area contributed by atoms with Crippen LogP contribution in [0.5, 0.6) is 0 Å². The Labute approximate surface area is 130 Å². The molecule has 5 heteroatoms. The van der Waals surface area contributed by atoms with Gasteiger partial charge >= 0.3 is 0 Å². The van der Waals surface area contributed by atoms with E-state index in [-0.39, 0.29) is 0 Å². The van der Waals surface area contributed by atoms with Crippen LogP contribution in [0.1, 0.15) is 0 Å². The van der Waals surface area contributed by atoms with Crippen LogP contribution in [0.2, 0.25) is 10.0 Å². The molecule has 2 nitrogen and oxygen atoms in total. The van der Waals surface area contributed by atoms with Crippen LogP contribution in [0.3, 0.4) is 0 Å². The standard InChI is InChI=1S/C15H10Cl2N2S/c16-10-2-3-12(17)14(7-10)20-13-4-1-9-8-19-6-5-11(9)15(13)18/h1-8H,18H2. The molecule has 0 saturated heterocycles. The summed E-state index contributed by atoms with van der Waals surface area (Å²) >= 11 is 13.7. The highest BCUT2D eigenvalue weighted by Gasteiger charge is 2.09. The van der Waals surface area contributed by atoms with E-state index in [4.69, 9.17) is 28.9 Å². The maximum atomic E-state index is 6.23. The van der Waals surface area contributed by atoms with Gasteiger partial charge in [0.05, 0.1) is 10.7 Å². The third kappa shape index (κ3) is 2.57. The summed E-state index contributed by atoms with van der Waals surface area (Å²) in [5, 5.41) is 3.32. The number of fused-ring (bicyclic) bond motifs is 1. The molecule has 2 aromatic carbocycles. The Bertz CT molecular complexity index is 790. The number of anilines is 1. The number of benzene rings is 2. The molecule has 0 spiro atoms. The van der Waals surface area contributed by atoms with Gasteiger partial charge in [-0.1, -0.05) is 41.0 Å². The lowest BCUT2D eigenvalue weighted by atomic mass is 10.1. The molecule has 3 rings (SSSR count). The molecule has 2 N–H and O–H groups in total. The number of halogens is 2. The van der Waals surface area contributed by atoms with E-state index in [1.165, 1.54) is 11.8 Å². The molecule has 0 amide bonds. The van der Waals surface area contributed by atoms with E-state index in [0.29, 0.717) is 10.0 Å². The van der Waals surface area contributed by atoms with Crippen LogP contribution in [-0.4, -0.2) is 4.98 Å². The first-order chi connectivity index (χ1) is 9.65. The summed E-state index contributed by atoms with van der Waals surface area (Å²) in [6.07, 6.45) is 3.53. The normalized spacial score (nSPS) is 10.9. The number of hydrogen-bond donors (Lipinski definition) is 1. The second kappa shape index (κ2) is 5.52. The average Bonchev–Trinajstić information content (AvgIpc) is 2.46. The van der Waals surface area contributed by atoms with Gasteiger partial charge in [-0.15, -0.1) is 0 Å². The van der Waals surface area contributed by atoms with Crippen molar-refractivity contribution in [1.82, 2.24) is 4.98 Å². The minimum Gasteiger partial charge on any atom is -0.397 e. The van der Waals surface area contributed by atoms with Gasteiger partial charge in [0.1, 0.15) is 0 Å². The first-order valence-corrected chi connectivity index (χ1v) is 7.47. The van der Waals surface area contributed by atoms with Crippen LogP contribution in [0.4, 0.5) is 5.69 Å². The number of pyridine rings is 1. The summed E-state index contributed by atoms with van der Waals surface area (Å²) in [5.74, 6) is 0. The molecule has 3 aromatic rings. The summed E-state index contributed by atoms with van der Waals surface area (Å²) in [4.78, 5) is 5.93. The smallest absolute Gasteiger partial charge is 0.0546 e. The number of aromatic nitrogens is 1. The molecule has 1 aromatic heterocycles. The van der Waals surface area contributed by atoms with Crippen LogP contribution in [0, 0.1) is 0 Å². The Morgan fingerprint density at radius 2 is 1.85 bits per heavy atom. The molecule has 0 aliphatic rings. The Morgan fingerprint density at radius 3 is 2.70 bits per heavy atom. The average molecular weight is 321 g/mol. The molecule has 0 radical (unpaired) electrons. The minimum atomic E-state index is 0.653. The van der Waals surface area contributed by atoms with Gasteiger partial charge in [0, 0.05) is 38.0 Å². The first kappa shape index (κ1) is 13.6. The largest absolute Gasteiger partial charge is 0.397 e. The Morgan fingerprint density at radius 1 is 1.00 bits per heavy atom. The summed E-state index contributed by atoms with van der Waals surface area (Å²) in [6.45, 7) is 0. The third-order valence-corrected chi connectivity index (χ3v) is 4.75. The number of nitrogen functional groups attached to an aromatic ring is 1. The lowest BCUT2D eigenvalue weighted by Gasteiger charge is -2.10. The third-order valence-electron chi connectivity index (χ3n) is 2.93. The van der Waals surface area contributed by atoms with E-state index >= 15 is 0 Å². The number of nitrogens with two attached hydrogens (primary N) is 1. The second-order valence-corrected chi connectivity index (χ2v) is 6.18. The van der Waals surface area contributed by atoms with Crippen molar-refractivity contribution in [2.24, 2.45) is 0 Å². The highest BCUT2D eigenvalue weighted by molar-refractivity contribution is 7.99. The zero-order chi connectivity index (χ0) is 14.1. The topological polar surface area (TPSA) is 38.9 Å². The van der Waals surface area contributed by atoms with Crippen molar-refractivity contribution in [2.75, 3.05) is 5.73 Å². The fourth-order valence-electron chi connectivity index (χ4n) is 1.94. The highest BCUT2D eigenvalue weighted by atomic mass is 35.5. The van der Waals surface area contributed by atoms with Crippen molar-refractivity contribution >= 4 is 51.4 Å². The van der Waals surface area contributed by atoms with E-state index in [0.717, 1.165) is 26.3 Å². The van der Waals surface area contributed by atoms with Gasteiger partial charge in [-0.05, 0) is 30.3 Å². The monoisotopic (exact) mass is 320 g/mol. The maximum absolute atomic E-state index is 6.23. The Kier molecular flexibility index (Phi) is 3.74. The minimum absolute atomic E-state index is 0.653. The quantitative estimate of drug-likeness (QED) is 0.653. The number of nitrogens with zero attached hydrogens (tertiary/aromatic N) is 1. The Balaban J connectivity index is 2.07. The molecule has 20 heavy (non-hydrogen) atoms. The van der Waals surface area contributed by atoms with Gasteiger partial charge in [-0.3, -0.25) is 4.98 Å². The summed E-state index contributed by atoms with van der Waals surface area (Å²) < 4.78 is 0. The molecule has 0 atom stereocenters. The van der Waals surface area contributed by atoms with Crippen LogP contribution >= 0.6 is 35.0 Å². The molecule has 0 fully saturated rings. The zero-order valence-electron chi connectivity index (χ0n) is 10.3. The molecule has 0 saturated carbocycles. The van der Waals surface area contributed by atoms with Crippen molar-refractivity contribution in [1.29, 1.82) is 0 Å². The fourth-order valence-corrected chi connectivity index (χ4v) is 3.35. The van der Waals surface area contributed by atoms with Crippen LogP contribution < -0.4 is 5.73 Å². The second-order valence-electron chi connectivity index (χ2n) is 4.25. The fraction of sp³-hybridized carbons (Fsp3) is 0. The molecule has 0 aliphatic heterocycles. The molecular weight excluding hydrogens is 311 g/mol. The van der Waals surface area contributed by atoms with Gasteiger partial charge in [-0.25, -0.2) is 0 Å². The number of rotatable bonds is 2. The van der Waals surface area contributed by atoms with E-state index in [1.54, 1.807) is 24.5 Å². The predicted molar refractivity (Wildman–Crippen MR) is 86.7 cm³/mol. The number of hydrogen-bond acceptors (Lipinski definition) is 3. The van der Waals surface area contributed by atoms with Crippen molar-refractivity contribution in [3.05, 3.63) is 58.8 Å². The molecule has 0 unspecified atom stereocenters. The van der Waals surface area contributed by atoms with Crippen LogP contribution in [0.15, 0.2) is 58.6 Å². The molecule has 100 valence electrons. The molecule has 1 heterocycles. The highest BCUT2D eigenvalue weighted by Crippen LogP contribution is 2.39. The van der Waals surface area contributed by atoms with Crippen molar-refractivity contribution in [3.8, 4) is 0 Å². The summed E-state index contributed by atoms with van der Waals surface area (Å²) in [6, 6.07) is 11.3. The maximum Gasteiger partial charge on any atom is 0.0546 e. The van der Waals surface area contributed by atoms with Crippen molar-refractivity contribution in [2.45, 2.75) is 9.79 Å². The van der Waals surface area contributed by atoms with E-state index in [1.807, 2.05) is 24.3 Å². The molecule has 0 aliphatic carbocycles. The van der Waals surface area contributed by atoms with Crippen LogP contribution in [0.25, 0.3) is 10.8 Å². The van der Waals surface area contributed by atoms with Gasteiger partial charge in [-0.2, -0.15) is 0 Å². The lowest BCUT2D eigenvalue weighted by Crippen LogP contribution is -1.91. The van der Waals surface area contributed by atoms with Gasteiger partial charge in [0.2, 0.25) is 0 Å². The van der Waals surface area contributed by atoms with Gasteiger partial charge in [0.15, 0.2) is 0 Å². The SMILES string of the molecule is Nc1c(Sc2cc(Cl)ccc2Cl)ccc2cnccc12. The van der Waals surface area contributed by atoms with Crippen molar-refractivity contribution in [3.63, 3.8) is 0 Å². The van der Waals surface area contributed by atoms with Gasteiger partial charge in [0.25, 0.3) is 0 Å². The van der Waals surface area contributed by atoms with Crippen LogP contribution in [-0.2, 0) is 0 Å². The van der Waals surface area contributed by atoms with Gasteiger partial charge < -0.3 is 5.73 Å². The van der Waals surface area contributed by atoms with E-state index < -0.39 is 0 Å². The Hall–Kier alpha value is -1.42. The zero-order valence-corrected chi connectivity index (χ0v) is 12.6. The summed E-state index contributed by atoms with van der Waals surface area (Å²) in [5.41, 5.74) is 6.96. The van der Waals surface area contributed by atoms with Crippen molar-refractivity contribution < 1.29 is 0 Å². The summed E-state index contributed by atoms with van der Waals surface area (Å²) in [7, 11) is 0. The van der Waals surface area contributed by atoms with E-state index in [9.17, 15) is 0 Å². The lowest BCUT2D eigenvalue weighted by molar-refractivity contribution is 1.35.